The number of hydrogen-bond acceptors (Lipinski definition) is 3. The molecule has 1 aliphatic heterocycles. The number of carbonyl (C=O) groups excluding carboxylic acids is 1. The van der Waals surface area contributed by atoms with E-state index in [-0.39, 0.29) is 11.3 Å². The highest BCUT2D eigenvalue weighted by Gasteiger charge is 2.11. The number of rotatable bonds is 5. The number of hydrogen-bond donors (Lipinski definition) is 1. The van der Waals surface area contributed by atoms with Gasteiger partial charge in [-0.05, 0) is 23.1 Å². The van der Waals surface area contributed by atoms with Crippen molar-refractivity contribution in [3.8, 4) is 0 Å². The Morgan fingerprint density at radius 3 is 2.48 bits per heavy atom. The van der Waals surface area contributed by atoms with Crippen molar-refractivity contribution in [2.75, 3.05) is 39.4 Å². The minimum Gasteiger partial charge on any atom is -0.379 e. The summed E-state index contributed by atoms with van der Waals surface area (Å²) in [5.74, 6) is -0.00962. The zero-order chi connectivity index (χ0) is 16.7. The Morgan fingerprint density at radius 2 is 1.87 bits per heavy atom. The van der Waals surface area contributed by atoms with Crippen LogP contribution in [-0.4, -0.2) is 50.2 Å². The molecule has 0 unspecified atom stereocenters. The molecule has 1 fully saturated rings. The first kappa shape index (κ1) is 17.7. The van der Waals surface area contributed by atoms with Crippen molar-refractivity contribution in [2.24, 2.45) is 5.41 Å². The van der Waals surface area contributed by atoms with Crippen LogP contribution in [0.25, 0.3) is 6.08 Å². The maximum Gasteiger partial charge on any atom is 0.251 e. The third-order valence-electron chi connectivity index (χ3n) is 3.77. The van der Waals surface area contributed by atoms with Gasteiger partial charge in [0.25, 0.3) is 5.91 Å². The standard InChI is InChI=1S/C19H28N2O2/c1-19(2,3)9-8-16-4-6-17(7-5-16)18(22)20-10-11-21-12-14-23-15-13-21/h4-9H,10-15H2,1-3H3,(H,20,22). The number of nitrogens with one attached hydrogen (secondary N) is 1. The Hall–Kier alpha value is -1.65. The van der Waals surface area contributed by atoms with Crippen LogP contribution in [0.1, 0.15) is 36.7 Å². The lowest BCUT2D eigenvalue weighted by molar-refractivity contribution is 0.0383. The Morgan fingerprint density at radius 1 is 1.22 bits per heavy atom. The lowest BCUT2D eigenvalue weighted by Gasteiger charge is -2.26. The van der Waals surface area contributed by atoms with Crippen LogP contribution < -0.4 is 5.32 Å². The van der Waals surface area contributed by atoms with Crippen molar-refractivity contribution in [2.45, 2.75) is 20.8 Å². The molecule has 4 heteroatoms. The Balaban J connectivity index is 1.79. The summed E-state index contributed by atoms with van der Waals surface area (Å²) >= 11 is 0. The molecule has 2 rings (SSSR count). The quantitative estimate of drug-likeness (QED) is 0.908. The zero-order valence-electron chi connectivity index (χ0n) is 14.5. The van der Waals surface area contributed by atoms with Gasteiger partial charge >= 0.3 is 0 Å². The van der Waals surface area contributed by atoms with Gasteiger partial charge in [-0.25, -0.2) is 0 Å². The molecule has 1 aromatic rings. The molecular weight excluding hydrogens is 288 g/mol. The van der Waals surface area contributed by atoms with Gasteiger partial charge in [0.05, 0.1) is 13.2 Å². The molecule has 1 saturated heterocycles. The first-order valence-electron chi connectivity index (χ1n) is 8.32. The van der Waals surface area contributed by atoms with E-state index in [0.29, 0.717) is 12.1 Å². The number of carbonyl (C=O) groups is 1. The fraction of sp³-hybridized carbons (Fsp3) is 0.526. The summed E-state index contributed by atoms with van der Waals surface area (Å²) in [6.07, 6.45) is 4.27. The van der Waals surface area contributed by atoms with E-state index < -0.39 is 0 Å². The zero-order valence-corrected chi connectivity index (χ0v) is 14.5. The maximum absolute atomic E-state index is 12.1. The van der Waals surface area contributed by atoms with Crippen molar-refractivity contribution < 1.29 is 9.53 Å². The van der Waals surface area contributed by atoms with Gasteiger partial charge in [0, 0.05) is 31.7 Å². The molecule has 0 aromatic heterocycles. The predicted octanol–water partition coefficient (Wildman–Crippen LogP) is 2.81. The van der Waals surface area contributed by atoms with Crippen LogP contribution in [0.5, 0.6) is 0 Å². The lowest BCUT2D eigenvalue weighted by Crippen LogP contribution is -2.41. The van der Waals surface area contributed by atoms with Crippen LogP contribution in [0.4, 0.5) is 0 Å². The highest BCUT2D eigenvalue weighted by Crippen LogP contribution is 2.17. The van der Waals surface area contributed by atoms with E-state index in [9.17, 15) is 4.79 Å². The van der Waals surface area contributed by atoms with Crippen LogP contribution in [0.3, 0.4) is 0 Å². The van der Waals surface area contributed by atoms with Crippen molar-refractivity contribution in [3.63, 3.8) is 0 Å². The van der Waals surface area contributed by atoms with Gasteiger partial charge in [-0.15, -0.1) is 0 Å². The molecule has 0 spiro atoms. The minimum atomic E-state index is -0.00962. The van der Waals surface area contributed by atoms with Crippen molar-refractivity contribution in [3.05, 3.63) is 41.5 Å². The van der Waals surface area contributed by atoms with Gasteiger partial charge in [-0.1, -0.05) is 45.1 Å². The van der Waals surface area contributed by atoms with E-state index in [4.69, 9.17) is 4.74 Å². The van der Waals surface area contributed by atoms with Crippen molar-refractivity contribution >= 4 is 12.0 Å². The highest BCUT2D eigenvalue weighted by atomic mass is 16.5. The van der Waals surface area contributed by atoms with Crippen molar-refractivity contribution in [1.29, 1.82) is 0 Å². The van der Waals surface area contributed by atoms with Gasteiger partial charge < -0.3 is 10.1 Å². The van der Waals surface area contributed by atoms with Crippen LogP contribution >= 0.6 is 0 Å². The average Bonchev–Trinajstić information content (AvgIpc) is 2.54. The number of allylic oxidation sites excluding steroid dienone is 1. The first-order chi connectivity index (χ1) is 10.9. The van der Waals surface area contributed by atoms with E-state index >= 15 is 0 Å². The minimum absolute atomic E-state index is 0.00962. The van der Waals surface area contributed by atoms with Gasteiger partial charge in [-0.3, -0.25) is 9.69 Å². The van der Waals surface area contributed by atoms with Crippen LogP contribution in [-0.2, 0) is 4.74 Å². The van der Waals surface area contributed by atoms with E-state index in [2.05, 4.69) is 43.1 Å². The SMILES string of the molecule is CC(C)(C)C=Cc1ccc(C(=O)NCCN2CCOCC2)cc1. The Labute approximate surface area is 139 Å². The second kappa shape index (κ2) is 8.27. The number of nitrogens with zero attached hydrogens (tertiary/aromatic N) is 1. The van der Waals surface area contributed by atoms with Crippen LogP contribution in [0.2, 0.25) is 0 Å². The van der Waals surface area contributed by atoms with Crippen LogP contribution in [0, 0.1) is 5.41 Å². The molecule has 1 heterocycles. The fourth-order valence-electron chi connectivity index (χ4n) is 2.35. The summed E-state index contributed by atoms with van der Waals surface area (Å²) in [4.78, 5) is 14.5. The number of benzene rings is 1. The average molecular weight is 316 g/mol. The monoisotopic (exact) mass is 316 g/mol. The molecule has 126 valence electrons. The summed E-state index contributed by atoms with van der Waals surface area (Å²) in [5, 5.41) is 2.98. The Kier molecular flexibility index (Phi) is 6.37. The predicted molar refractivity (Wildman–Crippen MR) is 94.5 cm³/mol. The van der Waals surface area contributed by atoms with Crippen LogP contribution in [0.15, 0.2) is 30.3 Å². The number of amides is 1. The van der Waals surface area contributed by atoms with E-state index in [0.717, 1.165) is 38.4 Å². The molecule has 0 radical (unpaired) electrons. The lowest BCUT2D eigenvalue weighted by atomic mass is 9.95. The topological polar surface area (TPSA) is 41.6 Å². The molecule has 4 nitrogen and oxygen atoms in total. The van der Waals surface area contributed by atoms with Gasteiger partial charge in [0.2, 0.25) is 0 Å². The highest BCUT2D eigenvalue weighted by molar-refractivity contribution is 5.94. The van der Waals surface area contributed by atoms with Gasteiger partial charge in [0.15, 0.2) is 0 Å². The molecule has 0 atom stereocenters. The van der Waals surface area contributed by atoms with Gasteiger partial charge in [-0.2, -0.15) is 0 Å². The molecule has 1 aliphatic rings. The molecule has 0 aliphatic carbocycles. The molecule has 23 heavy (non-hydrogen) atoms. The summed E-state index contributed by atoms with van der Waals surface area (Å²) in [6.45, 7) is 11.5. The molecule has 1 aromatic carbocycles. The fourth-order valence-corrected chi connectivity index (χ4v) is 2.35. The van der Waals surface area contributed by atoms with E-state index in [1.165, 1.54) is 0 Å². The summed E-state index contributed by atoms with van der Waals surface area (Å²) in [7, 11) is 0. The maximum atomic E-state index is 12.1. The third-order valence-corrected chi connectivity index (χ3v) is 3.77. The summed E-state index contributed by atoms with van der Waals surface area (Å²) in [6, 6.07) is 7.73. The smallest absolute Gasteiger partial charge is 0.251 e. The summed E-state index contributed by atoms with van der Waals surface area (Å²) < 4.78 is 5.31. The third kappa shape index (κ3) is 6.55. The van der Waals surface area contributed by atoms with Crippen molar-refractivity contribution in [1.82, 2.24) is 10.2 Å². The molecule has 0 bridgehead atoms. The second-order valence-corrected chi connectivity index (χ2v) is 7.03. The Bertz CT molecular complexity index is 523. The molecule has 1 N–H and O–H groups in total. The molecule has 0 saturated carbocycles. The first-order valence-corrected chi connectivity index (χ1v) is 8.32. The summed E-state index contributed by atoms with van der Waals surface area (Å²) in [5.41, 5.74) is 1.99. The largest absolute Gasteiger partial charge is 0.379 e. The number of ether oxygens (including phenoxy) is 1. The number of morpholine rings is 1. The molecule has 1 amide bonds. The normalized spacial score (nSPS) is 16.7. The molecular formula is C19H28N2O2. The van der Waals surface area contributed by atoms with E-state index in [1.54, 1.807) is 0 Å². The van der Waals surface area contributed by atoms with Gasteiger partial charge in [0.1, 0.15) is 0 Å². The second-order valence-electron chi connectivity index (χ2n) is 7.03. The van der Waals surface area contributed by atoms with E-state index in [1.807, 2.05) is 24.3 Å².